The Morgan fingerprint density at radius 3 is 2.45 bits per heavy atom. The van der Waals surface area contributed by atoms with Gasteiger partial charge in [0, 0.05) is 25.4 Å². The van der Waals surface area contributed by atoms with E-state index >= 15 is 0 Å². The summed E-state index contributed by atoms with van der Waals surface area (Å²) in [5.41, 5.74) is 0.138. The van der Waals surface area contributed by atoms with Crippen molar-refractivity contribution in [3.05, 3.63) is 39.8 Å². The van der Waals surface area contributed by atoms with Crippen molar-refractivity contribution < 1.29 is 22.6 Å². The van der Waals surface area contributed by atoms with Crippen molar-refractivity contribution in [3.8, 4) is 11.5 Å². The number of alkyl halides is 3. The maximum absolute atomic E-state index is 12.6. The largest absolute Gasteiger partial charge is 0.490 e. The molecule has 1 unspecified atom stereocenters. The Kier molecular flexibility index (Phi) is 11.4. The summed E-state index contributed by atoms with van der Waals surface area (Å²) in [6, 6.07) is 5.67. The van der Waals surface area contributed by atoms with Gasteiger partial charge in [0.05, 0.1) is 24.3 Å². The third kappa shape index (κ3) is 8.36. The fourth-order valence-electron chi connectivity index (χ4n) is 2.66. The first kappa shape index (κ1) is 27.3. The minimum Gasteiger partial charge on any atom is -0.490 e. The van der Waals surface area contributed by atoms with Crippen LogP contribution in [-0.4, -0.2) is 37.7 Å². The number of benzene rings is 1. The first-order valence-electron chi connectivity index (χ1n) is 9.66. The molecule has 2 N–H and O–H groups in total. The molecule has 2 rings (SSSR count). The van der Waals surface area contributed by atoms with E-state index in [1.807, 2.05) is 39.0 Å². The van der Waals surface area contributed by atoms with Gasteiger partial charge in [0.15, 0.2) is 23.2 Å². The van der Waals surface area contributed by atoms with E-state index in [1.165, 1.54) is 0 Å². The van der Waals surface area contributed by atoms with Gasteiger partial charge in [-0.15, -0.1) is 35.3 Å². The Bertz CT molecular complexity index is 846. The maximum Gasteiger partial charge on any atom is 0.434 e. The summed E-state index contributed by atoms with van der Waals surface area (Å²) in [6.45, 7) is 7.29. The molecule has 11 heteroatoms. The molecule has 0 radical (unpaired) electrons. The smallest absolute Gasteiger partial charge is 0.434 e. The first-order valence-corrected chi connectivity index (χ1v) is 10.5. The molecule has 0 aliphatic carbocycles. The highest BCUT2D eigenvalue weighted by Crippen LogP contribution is 2.31. The number of nitrogens with zero attached hydrogens (tertiary/aromatic N) is 2. The SMILES string of the molecule is CCOc1ccc(C(C)NC(=NC)NCCc2nc(C(F)(F)F)cs2)cc1OCC.I. The number of rotatable bonds is 9. The highest BCUT2D eigenvalue weighted by atomic mass is 127. The van der Waals surface area contributed by atoms with Crippen LogP contribution in [0.1, 0.15) is 43.1 Å². The van der Waals surface area contributed by atoms with E-state index in [-0.39, 0.29) is 30.0 Å². The molecule has 0 saturated heterocycles. The van der Waals surface area contributed by atoms with Crippen LogP contribution in [0.2, 0.25) is 0 Å². The number of thiazole rings is 1. The molecule has 1 aromatic heterocycles. The number of aliphatic imine (C=N–C) groups is 1. The molecule has 31 heavy (non-hydrogen) atoms. The fraction of sp³-hybridized carbons (Fsp3) is 0.500. The quantitative estimate of drug-likeness (QED) is 0.250. The van der Waals surface area contributed by atoms with Crippen molar-refractivity contribution in [1.29, 1.82) is 0 Å². The van der Waals surface area contributed by atoms with Crippen LogP contribution in [0.25, 0.3) is 0 Å². The monoisotopic (exact) mass is 572 g/mol. The lowest BCUT2D eigenvalue weighted by atomic mass is 10.1. The zero-order chi connectivity index (χ0) is 22.1. The van der Waals surface area contributed by atoms with Crippen LogP contribution in [0, 0.1) is 0 Å². The molecule has 0 aliphatic rings. The summed E-state index contributed by atoms with van der Waals surface area (Å²) in [5, 5.41) is 7.83. The summed E-state index contributed by atoms with van der Waals surface area (Å²) in [7, 11) is 1.64. The Labute approximate surface area is 201 Å². The second-order valence-electron chi connectivity index (χ2n) is 6.31. The third-order valence-electron chi connectivity index (χ3n) is 4.12. The maximum atomic E-state index is 12.6. The van der Waals surface area contributed by atoms with Crippen molar-refractivity contribution in [3.63, 3.8) is 0 Å². The lowest BCUT2D eigenvalue weighted by molar-refractivity contribution is -0.140. The molecule has 0 aliphatic heterocycles. The zero-order valence-corrected chi connectivity index (χ0v) is 21.0. The molecule has 0 fully saturated rings. The summed E-state index contributed by atoms with van der Waals surface area (Å²) < 4.78 is 49.2. The Morgan fingerprint density at radius 1 is 1.19 bits per heavy atom. The minimum absolute atomic E-state index is 0. The average Bonchev–Trinajstić information content (AvgIpc) is 3.18. The van der Waals surface area contributed by atoms with Crippen molar-refractivity contribution in [2.75, 3.05) is 26.8 Å². The van der Waals surface area contributed by atoms with Gasteiger partial charge in [0.25, 0.3) is 0 Å². The van der Waals surface area contributed by atoms with Gasteiger partial charge >= 0.3 is 6.18 Å². The van der Waals surface area contributed by atoms with Crippen LogP contribution < -0.4 is 20.1 Å². The lowest BCUT2D eigenvalue weighted by Crippen LogP contribution is -2.39. The number of hydrogen-bond acceptors (Lipinski definition) is 5. The summed E-state index contributed by atoms with van der Waals surface area (Å²) in [6.07, 6.45) is -4.04. The van der Waals surface area contributed by atoms with E-state index in [9.17, 15) is 13.2 Å². The van der Waals surface area contributed by atoms with E-state index in [4.69, 9.17) is 9.47 Å². The highest BCUT2D eigenvalue weighted by Gasteiger charge is 2.33. The number of aromatic nitrogens is 1. The normalized spacial score (nSPS) is 12.7. The predicted octanol–water partition coefficient (Wildman–Crippen LogP) is 5.05. The summed E-state index contributed by atoms with van der Waals surface area (Å²) in [5.74, 6) is 1.92. The van der Waals surface area contributed by atoms with Gasteiger partial charge in [-0.05, 0) is 38.5 Å². The zero-order valence-electron chi connectivity index (χ0n) is 17.9. The molecule has 0 saturated carbocycles. The molecule has 1 aromatic carbocycles. The van der Waals surface area contributed by atoms with Crippen molar-refractivity contribution in [1.82, 2.24) is 15.6 Å². The molecule has 1 atom stereocenters. The van der Waals surface area contributed by atoms with E-state index < -0.39 is 11.9 Å². The van der Waals surface area contributed by atoms with Crippen LogP contribution in [0.3, 0.4) is 0 Å². The average molecular weight is 572 g/mol. The van der Waals surface area contributed by atoms with Crippen LogP contribution in [0.15, 0.2) is 28.6 Å². The Hall–Kier alpha value is -1.76. The molecule has 0 amide bonds. The summed E-state index contributed by atoms with van der Waals surface area (Å²) in [4.78, 5) is 7.81. The lowest BCUT2D eigenvalue weighted by Gasteiger charge is -2.20. The van der Waals surface area contributed by atoms with Crippen LogP contribution >= 0.6 is 35.3 Å². The van der Waals surface area contributed by atoms with Crippen LogP contribution in [0.5, 0.6) is 11.5 Å². The predicted molar refractivity (Wildman–Crippen MR) is 128 cm³/mol. The van der Waals surface area contributed by atoms with Gasteiger partial charge in [-0.1, -0.05) is 6.07 Å². The van der Waals surface area contributed by atoms with Gasteiger partial charge in [-0.3, -0.25) is 4.99 Å². The Morgan fingerprint density at radius 2 is 1.87 bits per heavy atom. The standard InChI is InChI=1S/C20H27F3N4O2S.HI/c1-5-28-15-8-7-14(11-16(15)29-6-2)13(3)26-19(24-4)25-10-9-18-27-17(12-30-18)20(21,22)23;/h7-8,11-13H,5-6,9-10H2,1-4H3,(H2,24,25,26);1H. The summed E-state index contributed by atoms with van der Waals surface area (Å²) >= 11 is 1.00. The molecule has 6 nitrogen and oxygen atoms in total. The van der Waals surface area contributed by atoms with Crippen molar-refractivity contribution >= 4 is 41.3 Å². The van der Waals surface area contributed by atoms with Gasteiger partial charge in [0.2, 0.25) is 0 Å². The van der Waals surface area contributed by atoms with E-state index in [2.05, 4.69) is 20.6 Å². The molecule has 0 spiro atoms. The topological polar surface area (TPSA) is 67.8 Å². The van der Waals surface area contributed by atoms with Gasteiger partial charge in [0.1, 0.15) is 0 Å². The molecule has 0 bridgehead atoms. The number of hydrogen-bond donors (Lipinski definition) is 2. The number of ether oxygens (including phenoxy) is 2. The minimum atomic E-state index is -4.41. The Balaban J connectivity index is 0.00000480. The highest BCUT2D eigenvalue weighted by molar-refractivity contribution is 14.0. The van der Waals surface area contributed by atoms with Crippen LogP contribution in [-0.2, 0) is 12.6 Å². The van der Waals surface area contributed by atoms with E-state index in [0.717, 1.165) is 22.3 Å². The molecular weight excluding hydrogens is 544 g/mol. The van der Waals surface area contributed by atoms with Gasteiger partial charge in [-0.25, -0.2) is 4.98 Å². The number of guanidine groups is 1. The molecule has 1 heterocycles. The van der Waals surface area contributed by atoms with Crippen molar-refractivity contribution in [2.24, 2.45) is 4.99 Å². The van der Waals surface area contributed by atoms with Gasteiger partial charge in [-0.2, -0.15) is 13.2 Å². The first-order chi connectivity index (χ1) is 14.3. The van der Waals surface area contributed by atoms with E-state index in [1.54, 1.807) is 7.05 Å². The van der Waals surface area contributed by atoms with Crippen molar-refractivity contribution in [2.45, 2.75) is 39.4 Å². The molecular formula is C20H28F3IN4O2S. The number of halogens is 4. The van der Waals surface area contributed by atoms with E-state index in [0.29, 0.717) is 48.6 Å². The van der Waals surface area contributed by atoms with Gasteiger partial charge < -0.3 is 20.1 Å². The molecule has 2 aromatic rings. The fourth-order valence-corrected chi connectivity index (χ4v) is 3.47. The van der Waals surface area contributed by atoms with Crippen LogP contribution in [0.4, 0.5) is 13.2 Å². The third-order valence-corrected chi connectivity index (χ3v) is 5.03. The second-order valence-corrected chi connectivity index (χ2v) is 7.25. The second kappa shape index (κ2) is 12.9. The number of nitrogens with one attached hydrogen (secondary N) is 2. The molecule has 174 valence electrons.